The minimum absolute atomic E-state index is 0.155. The predicted octanol–water partition coefficient (Wildman–Crippen LogP) is 4.41. The van der Waals surface area contributed by atoms with Crippen LogP contribution in [0, 0.1) is 0 Å². The van der Waals surface area contributed by atoms with Crippen molar-refractivity contribution in [2.75, 3.05) is 0 Å². The summed E-state index contributed by atoms with van der Waals surface area (Å²) in [6.07, 6.45) is 6.91. The number of imidazole rings is 1. The van der Waals surface area contributed by atoms with Crippen LogP contribution in [0.1, 0.15) is 28.9 Å². The fraction of sp³-hybridized carbons (Fsp3) is 0.0952. The van der Waals surface area contributed by atoms with Crippen LogP contribution >= 0.6 is 11.6 Å². The zero-order valence-corrected chi connectivity index (χ0v) is 15.9. The first-order valence-electron chi connectivity index (χ1n) is 8.80. The molecule has 4 aromatic rings. The molecular weight excluding hydrogens is 374 g/mol. The van der Waals surface area contributed by atoms with Gasteiger partial charge in [-0.3, -0.25) is 9.89 Å². The van der Waals surface area contributed by atoms with Crippen molar-refractivity contribution in [3.05, 3.63) is 89.6 Å². The summed E-state index contributed by atoms with van der Waals surface area (Å²) in [5.41, 5.74) is 4.03. The van der Waals surface area contributed by atoms with E-state index in [0.29, 0.717) is 16.3 Å². The Hall–Kier alpha value is -3.38. The standard InChI is InChI=1S/C21H18ClN5O/c1-14(15-4-8-18(9-5-15)27-11-10-23-13-27)25-21(28)19-12-24-26-20(19)16-2-6-17(22)7-3-16/h2-14H,1H3,(H,24,26)(H,25,28). The highest BCUT2D eigenvalue weighted by atomic mass is 35.5. The molecule has 2 heterocycles. The number of aromatic nitrogens is 4. The number of nitrogens with one attached hydrogen (secondary N) is 2. The Kier molecular flexibility index (Phi) is 4.95. The van der Waals surface area contributed by atoms with Gasteiger partial charge in [0.1, 0.15) is 0 Å². The molecule has 2 N–H and O–H groups in total. The third-order valence-corrected chi connectivity index (χ3v) is 4.81. The molecule has 0 spiro atoms. The van der Waals surface area contributed by atoms with Gasteiger partial charge in [-0.2, -0.15) is 5.10 Å². The zero-order valence-electron chi connectivity index (χ0n) is 15.1. The van der Waals surface area contributed by atoms with Crippen LogP contribution in [0.2, 0.25) is 5.02 Å². The van der Waals surface area contributed by atoms with Crippen LogP contribution in [0.5, 0.6) is 0 Å². The molecule has 2 aromatic heterocycles. The molecule has 28 heavy (non-hydrogen) atoms. The highest BCUT2D eigenvalue weighted by Crippen LogP contribution is 2.24. The maximum Gasteiger partial charge on any atom is 0.255 e. The molecule has 6 nitrogen and oxygen atoms in total. The third kappa shape index (κ3) is 3.68. The van der Waals surface area contributed by atoms with Gasteiger partial charge >= 0.3 is 0 Å². The SMILES string of the molecule is CC(NC(=O)c1cn[nH]c1-c1ccc(Cl)cc1)c1ccc(-n2ccnc2)cc1. The van der Waals surface area contributed by atoms with Crippen LogP contribution in [-0.4, -0.2) is 25.7 Å². The van der Waals surface area contributed by atoms with Gasteiger partial charge in [0.05, 0.1) is 29.8 Å². The fourth-order valence-electron chi connectivity index (χ4n) is 3.00. The van der Waals surface area contributed by atoms with Gasteiger partial charge in [-0.25, -0.2) is 4.98 Å². The molecular formula is C21H18ClN5O. The summed E-state index contributed by atoms with van der Waals surface area (Å²) < 4.78 is 1.93. The van der Waals surface area contributed by atoms with E-state index in [1.807, 2.05) is 54.1 Å². The minimum Gasteiger partial charge on any atom is -0.345 e. The Labute approximate surface area is 167 Å². The van der Waals surface area contributed by atoms with E-state index in [0.717, 1.165) is 16.8 Å². The maximum atomic E-state index is 12.8. The number of nitrogens with zero attached hydrogens (tertiary/aromatic N) is 3. The Morgan fingerprint density at radius 2 is 1.89 bits per heavy atom. The number of amides is 1. The van der Waals surface area contributed by atoms with Crippen LogP contribution < -0.4 is 5.32 Å². The summed E-state index contributed by atoms with van der Waals surface area (Å²) in [5.74, 6) is -0.190. The molecule has 0 radical (unpaired) electrons. The van der Waals surface area contributed by atoms with E-state index in [-0.39, 0.29) is 11.9 Å². The molecule has 0 bridgehead atoms. The van der Waals surface area contributed by atoms with E-state index in [9.17, 15) is 4.79 Å². The summed E-state index contributed by atoms with van der Waals surface area (Å²) in [4.78, 5) is 16.8. The van der Waals surface area contributed by atoms with Crippen molar-refractivity contribution in [2.24, 2.45) is 0 Å². The third-order valence-electron chi connectivity index (χ3n) is 4.56. The summed E-state index contributed by atoms with van der Waals surface area (Å²) >= 11 is 5.95. The summed E-state index contributed by atoms with van der Waals surface area (Å²) in [7, 11) is 0. The number of H-pyrrole nitrogens is 1. The molecule has 0 fully saturated rings. The largest absolute Gasteiger partial charge is 0.345 e. The number of hydrogen-bond donors (Lipinski definition) is 2. The van der Waals surface area contributed by atoms with Gasteiger partial charge in [0.15, 0.2) is 0 Å². The number of aromatic amines is 1. The molecule has 0 aliphatic rings. The monoisotopic (exact) mass is 391 g/mol. The number of carbonyl (C=O) groups excluding carboxylic acids is 1. The molecule has 7 heteroatoms. The number of benzene rings is 2. The van der Waals surface area contributed by atoms with Gasteiger partial charge in [-0.1, -0.05) is 35.9 Å². The molecule has 0 saturated carbocycles. The number of halogens is 1. The molecule has 0 aliphatic heterocycles. The summed E-state index contributed by atoms with van der Waals surface area (Å²) in [6.45, 7) is 1.95. The molecule has 140 valence electrons. The fourth-order valence-corrected chi connectivity index (χ4v) is 3.13. The van der Waals surface area contributed by atoms with E-state index in [2.05, 4.69) is 20.5 Å². The van der Waals surface area contributed by atoms with Crippen molar-refractivity contribution >= 4 is 17.5 Å². The average molecular weight is 392 g/mol. The Bertz CT molecular complexity index is 1070. The van der Waals surface area contributed by atoms with Crippen molar-refractivity contribution in [1.82, 2.24) is 25.1 Å². The Morgan fingerprint density at radius 3 is 2.57 bits per heavy atom. The van der Waals surface area contributed by atoms with Crippen LogP contribution in [0.15, 0.2) is 73.4 Å². The second kappa shape index (κ2) is 7.70. The van der Waals surface area contributed by atoms with E-state index in [1.165, 1.54) is 6.20 Å². The van der Waals surface area contributed by atoms with Gasteiger partial charge in [0, 0.05) is 28.7 Å². The first kappa shape index (κ1) is 18.0. The van der Waals surface area contributed by atoms with Gasteiger partial charge in [-0.05, 0) is 36.8 Å². The lowest BCUT2D eigenvalue weighted by Crippen LogP contribution is -2.26. The molecule has 1 unspecified atom stereocenters. The number of rotatable bonds is 5. The topological polar surface area (TPSA) is 75.6 Å². The minimum atomic E-state index is -0.190. The highest BCUT2D eigenvalue weighted by Gasteiger charge is 2.18. The van der Waals surface area contributed by atoms with E-state index < -0.39 is 0 Å². The van der Waals surface area contributed by atoms with Gasteiger partial charge in [0.2, 0.25) is 0 Å². The van der Waals surface area contributed by atoms with Crippen molar-refractivity contribution in [1.29, 1.82) is 0 Å². The smallest absolute Gasteiger partial charge is 0.255 e. The predicted molar refractivity (Wildman–Crippen MR) is 108 cm³/mol. The number of hydrogen-bond acceptors (Lipinski definition) is 3. The zero-order chi connectivity index (χ0) is 19.5. The second-order valence-electron chi connectivity index (χ2n) is 6.42. The van der Waals surface area contributed by atoms with Crippen molar-refractivity contribution in [3.8, 4) is 16.9 Å². The molecule has 1 atom stereocenters. The van der Waals surface area contributed by atoms with Crippen molar-refractivity contribution in [2.45, 2.75) is 13.0 Å². The number of carbonyl (C=O) groups is 1. The molecule has 2 aromatic carbocycles. The maximum absolute atomic E-state index is 12.8. The Morgan fingerprint density at radius 1 is 1.14 bits per heavy atom. The van der Waals surface area contributed by atoms with E-state index >= 15 is 0 Å². The van der Waals surface area contributed by atoms with Crippen molar-refractivity contribution < 1.29 is 4.79 Å². The molecule has 1 amide bonds. The lowest BCUT2D eigenvalue weighted by Gasteiger charge is -2.15. The highest BCUT2D eigenvalue weighted by molar-refractivity contribution is 6.30. The van der Waals surface area contributed by atoms with E-state index in [4.69, 9.17) is 11.6 Å². The van der Waals surface area contributed by atoms with Crippen LogP contribution in [0.4, 0.5) is 0 Å². The van der Waals surface area contributed by atoms with Crippen LogP contribution in [0.3, 0.4) is 0 Å². The quantitative estimate of drug-likeness (QED) is 0.529. The van der Waals surface area contributed by atoms with Crippen molar-refractivity contribution in [3.63, 3.8) is 0 Å². The van der Waals surface area contributed by atoms with Gasteiger partial charge < -0.3 is 9.88 Å². The van der Waals surface area contributed by atoms with Crippen LogP contribution in [-0.2, 0) is 0 Å². The Balaban J connectivity index is 1.49. The van der Waals surface area contributed by atoms with Gasteiger partial charge in [0.25, 0.3) is 5.91 Å². The molecule has 0 saturated heterocycles. The second-order valence-corrected chi connectivity index (χ2v) is 6.86. The lowest BCUT2D eigenvalue weighted by molar-refractivity contribution is 0.0940. The lowest BCUT2D eigenvalue weighted by atomic mass is 10.1. The summed E-state index contributed by atoms with van der Waals surface area (Å²) in [6, 6.07) is 15.1. The molecule has 0 aliphatic carbocycles. The normalized spacial score (nSPS) is 11.9. The summed E-state index contributed by atoms with van der Waals surface area (Å²) in [5, 5.41) is 10.6. The average Bonchev–Trinajstić information content (AvgIpc) is 3.41. The molecule has 4 rings (SSSR count). The first-order chi connectivity index (χ1) is 13.6. The van der Waals surface area contributed by atoms with Crippen LogP contribution in [0.25, 0.3) is 16.9 Å². The van der Waals surface area contributed by atoms with E-state index in [1.54, 1.807) is 24.7 Å². The van der Waals surface area contributed by atoms with Gasteiger partial charge in [-0.15, -0.1) is 0 Å². The first-order valence-corrected chi connectivity index (χ1v) is 9.18.